The van der Waals surface area contributed by atoms with Crippen LogP contribution in [0.1, 0.15) is 22.1 Å². The van der Waals surface area contributed by atoms with Crippen molar-refractivity contribution in [2.75, 3.05) is 13.7 Å². The van der Waals surface area contributed by atoms with Crippen molar-refractivity contribution in [3.63, 3.8) is 0 Å². The number of carbonyl (C=O) groups is 1. The highest BCUT2D eigenvalue weighted by Gasteiger charge is 2.18. The molecular formula is C15H16N4O2S. The Balaban J connectivity index is 1.82. The summed E-state index contributed by atoms with van der Waals surface area (Å²) < 4.78 is 7.94. The Labute approximate surface area is 131 Å². The molecule has 1 N–H and O–H groups in total. The number of hydrogen-bond acceptors (Lipinski definition) is 5. The van der Waals surface area contributed by atoms with Gasteiger partial charge in [0, 0.05) is 25.9 Å². The van der Waals surface area contributed by atoms with Crippen LogP contribution in [0.4, 0.5) is 0 Å². The highest BCUT2D eigenvalue weighted by atomic mass is 32.1. The van der Waals surface area contributed by atoms with Gasteiger partial charge in [-0.3, -0.25) is 9.48 Å². The average molecular weight is 316 g/mol. The maximum atomic E-state index is 12.5. The van der Waals surface area contributed by atoms with E-state index in [1.165, 1.54) is 11.3 Å². The summed E-state index contributed by atoms with van der Waals surface area (Å²) in [6.45, 7) is 0.383. The van der Waals surface area contributed by atoms with Crippen LogP contribution >= 0.6 is 11.3 Å². The number of fused-ring (bicyclic) bond motifs is 1. The summed E-state index contributed by atoms with van der Waals surface area (Å²) in [4.78, 5) is 16.7. The average Bonchev–Trinajstić information content (AvgIpc) is 3.14. The second-order valence-corrected chi connectivity index (χ2v) is 5.78. The number of thiazole rings is 1. The topological polar surface area (TPSA) is 69.0 Å². The minimum Gasteiger partial charge on any atom is -0.382 e. The van der Waals surface area contributed by atoms with Gasteiger partial charge in [0.15, 0.2) is 0 Å². The van der Waals surface area contributed by atoms with Crippen LogP contribution in [0.3, 0.4) is 0 Å². The van der Waals surface area contributed by atoms with E-state index in [1.807, 2.05) is 25.2 Å². The molecule has 2 aromatic heterocycles. The Hall–Kier alpha value is -2.25. The Morgan fingerprint density at radius 1 is 1.45 bits per heavy atom. The van der Waals surface area contributed by atoms with Gasteiger partial charge in [-0.25, -0.2) is 4.98 Å². The third-order valence-electron chi connectivity index (χ3n) is 3.45. The van der Waals surface area contributed by atoms with Crippen LogP contribution in [0.15, 0.2) is 36.0 Å². The molecule has 22 heavy (non-hydrogen) atoms. The fourth-order valence-electron chi connectivity index (χ4n) is 2.33. The van der Waals surface area contributed by atoms with Gasteiger partial charge in [0.1, 0.15) is 0 Å². The first-order valence-electron chi connectivity index (χ1n) is 6.80. The standard InChI is InChI=1S/C15H16N4O2S/c1-19-13(5-6-17-19)12(8-21-2)18-15(20)10-3-4-11-14(7-10)22-9-16-11/h3-7,9,12H,8H2,1-2H3,(H,18,20)/t12-/m1/s1. The first-order chi connectivity index (χ1) is 10.7. The van der Waals surface area contributed by atoms with Crippen molar-refractivity contribution in [2.45, 2.75) is 6.04 Å². The Kier molecular flexibility index (Phi) is 4.17. The number of rotatable bonds is 5. The molecule has 3 rings (SSSR count). The van der Waals surface area contributed by atoms with Gasteiger partial charge in [-0.05, 0) is 24.3 Å². The largest absolute Gasteiger partial charge is 0.382 e. The fourth-order valence-corrected chi connectivity index (χ4v) is 3.05. The molecule has 1 atom stereocenters. The molecule has 0 spiro atoms. The predicted octanol–water partition coefficient (Wildman–Crippen LogP) is 2.15. The number of nitrogens with one attached hydrogen (secondary N) is 1. The second kappa shape index (κ2) is 6.25. The van der Waals surface area contributed by atoms with Crippen molar-refractivity contribution >= 4 is 27.5 Å². The quantitative estimate of drug-likeness (QED) is 0.783. The lowest BCUT2D eigenvalue weighted by molar-refractivity contribution is 0.0892. The van der Waals surface area contributed by atoms with Crippen LogP contribution in [0.25, 0.3) is 10.2 Å². The molecule has 7 heteroatoms. The van der Waals surface area contributed by atoms with Gasteiger partial charge < -0.3 is 10.1 Å². The second-order valence-electron chi connectivity index (χ2n) is 4.90. The first-order valence-corrected chi connectivity index (χ1v) is 7.68. The minimum atomic E-state index is -0.248. The molecule has 0 aliphatic carbocycles. The van der Waals surface area contributed by atoms with Crippen molar-refractivity contribution in [3.8, 4) is 0 Å². The van der Waals surface area contributed by atoms with E-state index in [0.717, 1.165) is 15.9 Å². The normalized spacial score (nSPS) is 12.5. The van der Waals surface area contributed by atoms with E-state index in [0.29, 0.717) is 12.2 Å². The third-order valence-corrected chi connectivity index (χ3v) is 4.24. The molecule has 0 fully saturated rings. The van der Waals surface area contributed by atoms with E-state index in [4.69, 9.17) is 4.74 Å². The summed E-state index contributed by atoms with van der Waals surface area (Å²) in [7, 11) is 3.45. The Morgan fingerprint density at radius 3 is 3.05 bits per heavy atom. The van der Waals surface area contributed by atoms with Crippen molar-refractivity contribution in [1.29, 1.82) is 0 Å². The van der Waals surface area contributed by atoms with Gasteiger partial charge >= 0.3 is 0 Å². The summed E-state index contributed by atoms with van der Waals surface area (Å²) in [6, 6.07) is 7.12. The molecule has 0 aliphatic heterocycles. The number of amides is 1. The number of methoxy groups -OCH3 is 1. The monoisotopic (exact) mass is 316 g/mol. The molecule has 1 amide bonds. The van der Waals surface area contributed by atoms with Gasteiger partial charge in [-0.1, -0.05) is 0 Å². The molecule has 114 valence electrons. The van der Waals surface area contributed by atoms with Gasteiger partial charge in [0.25, 0.3) is 5.91 Å². The number of hydrogen-bond donors (Lipinski definition) is 1. The molecule has 3 aromatic rings. The molecule has 6 nitrogen and oxygen atoms in total. The number of benzene rings is 1. The molecule has 0 unspecified atom stereocenters. The van der Waals surface area contributed by atoms with E-state index in [-0.39, 0.29) is 11.9 Å². The zero-order chi connectivity index (χ0) is 15.5. The third kappa shape index (κ3) is 2.86. The number of nitrogens with zero attached hydrogens (tertiary/aromatic N) is 3. The number of aryl methyl sites for hydroxylation is 1. The zero-order valence-corrected chi connectivity index (χ0v) is 13.1. The maximum absolute atomic E-state index is 12.5. The lowest BCUT2D eigenvalue weighted by Crippen LogP contribution is -2.32. The number of carbonyl (C=O) groups excluding carboxylic acids is 1. The van der Waals surface area contributed by atoms with Crippen molar-refractivity contribution in [2.24, 2.45) is 7.05 Å². The smallest absolute Gasteiger partial charge is 0.251 e. The molecule has 0 radical (unpaired) electrons. The first kappa shape index (κ1) is 14.7. The molecular weight excluding hydrogens is 300 g/mol. The van der Waals surface area contributed by atoms with Crippen LogP contribution in [-0.2, 0) is 11.8 Å². The van der Waals surface area contributed by atoms with Gasteiger partial charge in [-0.2, -0.15) is 5.10 Å². The van der Waals surface area contributed by atoms with E-state index in [2.05, 4.69) is 15.4 Å². The van der Waals surface area contributed by atoms with Crippen molar-refractivity contribution in [3.05, 3.63) is 47.2 Å². The molecule has 2 heterocycles. The van der Waals surface area contributed by atoms with Crippen LogP contribution in [-0.4, -0.2) is 34.4 Å². The Bertz CT molecular complexity index is 796. The summed E-state index contributed by atoms with van der Waals surface area (Å²) in [5.74, 6) is -0.140. The highest BCUT2D eigenvalue weighted by Crippen LogP contribution is 2.20. The van der Waals surface area contributed by atoms with Gasteiger partial charge in [-0.15, -0.1) is 11.3 Å². The number of aromatic nitrogens is 3. The van der Waals surface area contributed by atoms with E-state index < -0.39 is 0 Å². The van der Waals surface area contributed by atoms with Gasteiger partial charge in [0.05, 0.1) is 34.1 Å². The van der Waals surface area contributed by atoms with Gasteiger partial charge in [0.2, 0.25) is 0 Å². The lowest BCUT2D eigenvalue weighted by Gasteiger charge is -2.18. The maximum Gasteiger partial charge on any atom is 0.251 e. The Morgan fingerprint density at radius 2 is 2.32 bits per heavy atom. The van der Waals surface area contributed by atoms with Crippen LogP contribution < -0.4 is 5.32 Å². The molecule has 0 saturated heterocycles. The summed E-state index contributed by atoms with van der Waals surface area (Å²) in [6.07, 6.45) is 1.70. The lowest BCUT2D eigenvalue weighted by atomic mass is 10.1. The van der Waals surface area contributed by atoms with E-state index in [9.17, 15) is 4.79 Å². The molecule has 0 aliphatic rings. The van der Waals surface area contributed by atoms with E-state index >= 15 is 0 Å². The van der Waals surface area contributed by atoms with E-state index in [1.54, 1.807) is 29.6 Å². The predicted molar refractivity (Wildman–Crippen MR) is 84.9 cm³/mol. The summed E-state index contributed by atoms with van der Waals surface area (Å²) in [5, 5.41) is 7.13. The van der Waals surface area contributed by atoms with Crippen LogP contribution in [0.2, 0.25) is 0 Å². The fraction of sp³-hybridized carbons (Fsp3) is 0.267. The van der Waals surface area contributed by atoms with Crippen LogP contribution in [0, 0.1) is 0 Å². The molecule has 0 bridgehead atoms. The van der Waals surface area contributed by atoms with Crippen molar-refractivity contribution in [1.82, 2.24) is 20.1 Å². The summed E-state index contributed by atoms with van der Waals surface area (Å²) in [5.41, 5.74) is 4.19. The SMILES string of the molecule is COC[C@@H](NC(=O)c1ccc2ncsc2c1)c1ccnn1C. The number of ether oxygens (including phenoxy) is 1. The molecule has 1 aromatic carbocycles. The molecule has 0 saturated carbocycles. The highest BCUT2D eigenvalue weighted by molar-refractivity contribution is 7.16. The summed E-state index contributed by atoms with van der Waals surface area (Å²) >= 11 is 1.52. The van der Waals surface area contributed by atoms with Crippen molar-refractivity contribution < 1.29 is 9.53 Å². The minimum absolute atomic E-state index is 0.140. The van der Waals surface area contributed by atoms with Crippen LogP contribution in [0.5, 0.6) is 0 Å². The zero-order valence-electron chi connectivity index (χ0n) is 12.3.